The van der Waals surface area contributed by atoms with Gasteiger partial charge >= 0.3 is 0 Å². The number of anilines is 1. The Bertz CT molecular complexity index is 977. The van der Waals surface area contributed by atoms with Crippen molar-refractivity contribution < 1.29 is 9.16 Å². The predicted molar refractivity (Wildman–Crippen MR) is 132 cm³/mol. The summed E-state index contributed by atoms with van der Waals surface area (Å²) in [7, 11) is 0.121. The van der Waals surface area contributed by atoms with Crippen molar-refractivity contribution in [1.29, 1.82) is 0 Å². The molecule has 30 heavy (non-hydrogen) atoms. The van der Waals surface area contributed by atoms with Gasteiger partial charge in [-0.05, 0) is 67.0 Å². The van der Waals surface area contributed by atoms with E-state index < -0.39 is 8.32 Å². The maximum Gasteiger partial charge on any atom is 0.192 e. The zero-order chi connectivity index (χ0) is 21.9. The number of rotatable bonds is 8. The number of thiazole rings is 1. The third-order valence-corrected chi connectivity index (χ3v) is 11.5. The van der Waals surface area contributed by atoms with Crippen LogP contribution in [0.2, 0.25) is 18.1 Å². The first-order chi connectivity index (χ1) is 14.1. The van der Waals surface area contributed by atoms with E-state index in [-0.39, 0.29) is 11.1 Å². The maximum atomic E-state index is 6.54. The highest BCUT2D eigenvalue weighted by atomic mass is 32.1. The average molecular weight is 443 g/mol. The van der Waals surface area contributed by atoms with E-state index >= 15 is 0 Å². The SMILES string of the molecule is CC[C@H](COc1ccc2nc(-c3ccc(NC)cc3)sc2c1)O[Si](C)(C)C(C)(C)C. The second kappa shape index (κ2) is 9.08. The van der Waals surface area contributed by atoms with E-state index in [2.05, 4.69) is 76.4 Å². The van der Waals surface area contributed by atoms with E-state index in [4.69, 9.17) is 14.1 Å². The quantitative estimate of drug-likeness (QED) is 0.375. The van der Waals surface area contributed by atoms with E-state index in [1.54, 1.807) is 11.3 Å². The molecule has 2 aromatic carbocycles. The molecule has 1 N–H and O–H groups in total. The molecule has 0 amide bonds. The first-order valence-corrected chi connectivity index (χ1v) is 14.3. The molecule has 0 saturated heterocycles. The third kappa shape index (κ3) is 5.23. The molecular weight excluding hydrogens is 408 g/mol. The van der Waals surface area contributed by atoms with Crippen molar-refractivity contribution in [2.45, 2.75) is 58.4 Å². The summed E-state index contributed by atoms with van der Waals surface area (Å²) in [6.45, 7) is 14.1. The lowest BCUT2D eigenvalue weighted by atomic mass is 10.2. The van der Waals surface area contributed by atoms with Crippen LogP contribution in [0.3, 0.4) is 0 Å². The predicted octanol–water partition coefficient (Wildman–Crippen LogP) is 7.18. The number of nitrogens with zero attached hydrogens (tertiary/aromatic N) is 1. The summed E-state index contributed by atoms with van der Waals surface area (Å²) in [6.07, 6.45) is 1.06. The molecule has 1 heterocycles. The number of benzene rings is 2. The highest BCUT2D eigenvalue weighted by molar-refractivity contribution is 7.21. The summed E-state index contributed by atoms with van der Waals surface area (Å²) < 4.78 is 13.8. The minimum Gasteiger partial charge on any atom is -0.491 e. The first kappa shape index (κ1) is 22.8. The minimum absolute atomic E-state index is 0.115. The molecule has 3 rings (SSSR count). The third-order valence-electron chi connectivity index (χ3n) is 5.94. The van der Waals surface area contributed by atoms with Crippen LogP contribution in [0.25, 0.3) is 20.8 Å². The van der Waals surface area contributed by atoms with Gasteiger partial charge in [-0.3, -0.25) is 0 Å². The van der Waals surface area contributed by atoms with E-state index in [0.717, 1.165) is 38.6 Å². The Morgan fingerprint density at radius 2 is 1.80 bits per heavy atom. The average Bonchev–Trinajstić information content (AvgIpc) is 3.13. The Morgan fingerprint density at radius 1 is 1.10 bits per heavy atom. The summed E-state index contributed by atoms with van der Waals surface area (Å²) >= 11 is 1.70. The van der Waals surface area contributed by atoms with E-state index in [9.17, 15) is 0 Å². The lowest BCUT2D eigenvalue weighted by Crippen LogP contribution is -2.45. The van der Waals surface area contributed by atoms with Gasteiger partial charge in [0.1, 0.15) is 17.4 Å². The van der Waals surface area contributed by atoms with Gasteiger partial charge in [0.25, 0.3) is 0 Å². The molecule has 4 nitrogen and oxygen atoms in total. The van der Waals surface area contributed by atoms with Crippen molar-refractivity contribution in [3.63, 3.8) is 0 Å². The Morgan fingerprint density at radius 3 is 2.40 bits per heavy atom. The largest absolute Gasteiger partial charge is 0.491 e. The molecule has 0 saturated carbocycles. The van der Waals surface area contributed by atoms with Crippen LogP contribution < -0.4 is 10.1 Å². The van der Waals surface area contributed by atoms with Gasteiger partial charge in [-0.15, -0.1) is 11.3 Å². The normalized spacial score (nSPS) is 13.4. The topological polar surface area (TPSA) is 43.4 Å². The molecule has 0 radical (unpaired) electrons. The number of fused-ring (bicyclic) bond motifs is 1. The molecule has 162 valence electrons. The fourth-order valence-corrected chi connectivity index (χ4v) is 5.34. The van der Waals surface area contributed by atoms with E-state index in [1.807, 2.05) is 19.2 Å². The van der Waals surface area contributed by atoms with Crippen LogP contribution in [0.4, 0.5) is 5.69 Å². The van der Waals surface area contributed by atoms with Crippen molar-refractivity contribution in [3.8, 4) is 16.3 Å². The van der Waals surface area contributed by atoms with Gasteiger partial charge in [0.15, 0.2) is 8.32 Å². The van der Waals surface area contributed by atoms with Crippen molar-refractivity contribution >= 4 is 35.6 Å². The molecule has 0 unspecified atom stereocenters. The van der Waals surface area contributed by atoms with Crippen molar-refractivity contribution in [1.82, 2.24) is 4.98 Å². The van der Waals surface area contributed by atoms with Gasteiger partial charge in [-0.1, -0.05) is 27.7 Å². The van der Waals surface area contributed by atoms with Crippen molar-refractivity contribution in [3.05, 3.63) is 42.5 Å². The standard InChI is InChI=1S/C24H34N2O2SSi/c1-8-19(28-30(6,7)24(2,3)4)16-27-20-13-14-21-22(15-20)29-23(26-21)17-9-11-18(25-5)12-10-17/h9-15,19,25H,8,16H2,1-7H3/t19-/m1/s1. The smallest absolute Gasteiger partial charge is 0.192 e. The van der Waals surface area contributed by atoms with Crippen LogP contribution in [0.15, 0.2) is 42.5 Å². The van der Waals surface area contributed by atoms with Crippen LogP contribution >= 0.6 is 11.3 Å². The summed E-state index contributed by atoms with van der Waals surface area (Å²) in [6, 6.07) is 14.5. The van der Waals surface area contributed by atoms with Gasteiger partial charge in [-0.25, -0.2) is 4.98 Å². The van der Waals surface area contributed by atoms with E-state index in [0.29, 0.717) is 6.61 Å². The zero-order valence-corrected chi connectivity index (χ0v) is 21.0. The summed E-state index contributed by atoms with van der Waals surface area (Å²) in [5.74, 6) is 0.875. The molecule has 0 aliphatic heterocycles. The number of nitrogens with one attached hydrogen (secondary N) is 1. The van der Waals surface area contributed by atoms with Crippen LogP contribution in [0.5, 0.6) is 5.75 Å². The van der Waals surface area contributed by atoms with Crippen LogP contribution in [-0.4, -0.2) is 33.1 Å². The Balaban J connectivity index is 1.70. The second-order valence-electron chi connectivity index (χ2n) is 9.20. The summed E-state index contributed by atoms with van der Waals surface area (Å²) in [5.41, 5.74) is 3.23. The molecule has 0 aliphatic rings. The number of ether oxygens (including phenoxy) is 1. The van der Waals surface area contributed by atoms with Gasteiger partial charge in [0.2, 0.25) is 0 Å². The fraction of sp³-hybridized carbons (Fsp3) is 0.458. The summed E-state index contributed by atoms with van der Waals surface area (Å²) in [5, 5.41) is 4.37. The molecule has 1 atom stereocenters. The van der Waals surface area contributed by atoms with Gasteiger partial charge in [0, 0.05) is 18.3 Å². The number of hydrogen-bond donors (Lipinski definition) is 1. The molecular formula is C24H34N2O2SSi. The van der Waals surface area contributed by atoms with E-state index in [1.165, 1.54) is 0 Å². The molecule has 6 heteroatoms. The molecule has 1 aromatic heterocycles. The van der Waals surface area contributed by atoms with Crippen LogP contribution in [-0.2, 0) is 4.43 Å². The van der Waals surface area contributed by atoms with Crippen molar-refractivity contribution in [2.24, 2.45) is 0 Å². The highest BCUT2D eigenvalue weighted by Crippen LogP contribution is 2.38. The highest BCUT2D eigenvalue weighted by Gasteiger charge is 2.38. The van der Waals surface area contributed by atoms with Crippen LogP contribution in [0.1, 0.15) is 34.1 Å². The van der Waals surface area contributed by atoms with Gasteiger partial charge < -0.3 is 14.5 Å². The monoisotopic (exact) mass is 442 g/mol. The molecule has 0 fully saturated rings. The Hall–Kier alpha value is -1.89. The Labute approximate surface area is 185 Å². The summed E-state index contributed by atoms with van der Waals surface area (Å²) in [4.78, 5) is 4.79. The first-order valence-electron chi connectivity index (χ1n) is 10.6. The lowest BCUT2D eigenvalue weighted by molar-refractivity contribution is 0.112. The van der Waals surface area contributed by atoms with Crippen LogP contribution in [0, 0.1) is 0 Å². The van der Waals surface area contributed by atoms with Crippen molar-refractivity contribution in [2.75, 3.05) is 19.0 Å². The van der Waals surface area contributed by atoms with Gasteiger partial charge in [0.05, 0.1) is 16.3 Å². The molecule has 3 aromatic rings. The lowest BCUT2D eigenvalue weighted by Gasteiger charge is -2.39. The molecule has 0 aliphatic carbocycles. The zero-order valence-electron chi connectivity index (χ0n) is 19.2. The number of hydrogen-bond acceptors (Lipinski definition) is 5. The van der Waals surface area contributed by atoms with Gasteiger partial charge in [-0.2, -0.15) is 0 Å². The molecule has 0 spiro atoms. The number of aromatic nitrogens is 1. The molecule has 0 bridgehead atoms. The maximum absolute atomic E-state index is 6.54. The second-order valence-corrected chi connectivity index (χ2v) is 15.0. The fourth-order valence-electron chi connectivity index (χ4n) is 2.92. The minimum atomic E-state index is -1.80. The Kier molecular flexibility index (Phi) is 6.90.